The van der Waals surface area contributed by atoms with E-state index in [1.54, 1.807) is 0 Å². The molecule has 4 heteroatoms. The molecule has 1 N–H and O–H groups in total. The van der Waals surface area contributed by atoms with E-state index in [0.29, 0.717) is 5.15 Å². The van der Waals surface area contributed by atoms with Crippen molar-refractivity contribution < 1.29 is 0 Å². The number of nitrogens with zero attached hydrogens (tertiary/aromatic N) is 1. The number of nitrogens with one attached hydrogen (secondary N) is 1. The molecule has 1 aromatic heterocycles. The molecule has 0 unspecified atom stereocenters. The van der Waals surface area contributed by atoms with Gasteiger partial charge >= 0.3 is 0 Å². The number of unbranched alkanes of at least 4 members (excludes halogenated alkanes) is 1. The van der Waals surface area contributed by atoms with Crippen LogP contribution < -0.4 is 5.32 Å². The van der Waals surface area contributed by atoms with Gasteiger partial charge in [-0.15, -0.1) is 11.3 Å². The molecule has 0 spiro atoms. The van der Waals surface area contributed by atoms with Crippen molar-refractivity contribution in [2.75, 3.05) is 5.32 Å². The van der Waals surface area contributed by atoms with Crippen LogP contribution in [0.1, 0.15) is 25.3 Å². The molecular formula is C13H15ClN2S. The first-order valence-corrected chi connectivity index (χ1v) is 7.00. The fourth-order valence-electron chi connectivity index (χ4n) is 1.57. The average molecular weight is 267 g/mol. The van der Waals surface area contributed by atoms with Gasteiger partial charge in [0.2, 0.25) is 0 Å². The van der Waals surface area contributed by atoms with Crippen LogP contribution in [0.3, 0.4) is 0 Å². The Morgan fingerprint density at radius 2 is 2.06 bits per heavy atom. The second kappa shape index (κ2) is 6.03. The van der Waals surface area contributed by atoms with Gasteiger partial charge in [0, 0.05) is 11.1 Å². The van der Waals surface area contributed by atoms with E-state index in [-0.39, 0.29) is 0 Å². The predicted octanol–water partition coefficient (Wildman–Crippen LogP) is 4.88. The Bertz CT molecular complexity index is 465. The highest BCUT2D eigenvalue weighted by Crippen LogP contribution is 2.23. The van der Waals surface area contributed by atoms with E-state index in [2.05, 4.69) is 41.5 Å². The van der Waals surface area contributed by atoms with E-state index < -0.39 is 0 Å². The summed E-state index contributed by atoms with van der Waals surface area (Å²) in [5, 5.41) is 6.42. The van der Waals surface area contributed by atoms with Crippen LogP contribution in [-0.4, -0.2) is 4.98 Å². The third-order valence-corrected chi connectivity index (χ3v) is 3.58. The van der Waals surface area contributed by atoms with Crippen LogP contribution in [0.5, 0.6) is 0 Å². The molecule has 2 rings (SSSR count). The van der Waals surface area contributed by atoms with Crippen LogP contribution in [0.25, 0.3) is 0 Å². The van der Waals surface area contributed by atoms with Crippen LogP contribution in [0, 0.1) is 0 Å². The lowest BCUT2D eigenvalue weighted by atomic mass is 10.1. The molecule has 1 heterocycles. The Morgan fingerprint density at radius 1 is 1.29 bits per heavy atom. The topological polar surface area (TPSA) is 24.9 Å². The molecule has 0 fully saturated rings. The first-order valence-electron chi connectivity index (χ1n) is 5.75. The minimum atomic E-state index is 0.539. The molecule has 0 aliphatic rings. The van der Waals surface area contributed by atoms with Crippen molar-refractivity contribution in [1.29, 1.82) is 0 Å². The molecule has 0 atom stereocenters. The maximum Gasteiger partial charge on any atom is 0.188 e. The summed E-state index contributed by atoms with van der Waals surface area (Å²) >= 11 is 7.28. The van der Waals surface area contributed by atoms with Gasteiger partial charge in [0.25, 0.3) is 0 Å². The number of aromatic nitrogens is 1. The summed E-state index contributed by atoms with van der Waals surface area (Å²) in [5.41, 5.74) is 2.44. The Balaban J connectivity index is 1.98. The van der Waals surface area contributed by atoms with E-state index in [1.807, 2.05) is 5.38 Å². The first-order chi connectivity index (χ1) is 8.28. The highest BCUT2D eigenvalue weighted by molar-refractivity contribution is 7.14. The fourth-order valence-corrected chi connectivity index (χ4v) is 2.43. The molecular weight excluding hydrogens is 252 g/mol. The van der Waals surface area contributed by atoms with Gasteiger partial charge in [-0.25, -0.2) is 4.98 Å². The summed E-state index contributed by atoms with van der Waals surface area (Å²) in [6, 6.07) is 8.49. The van der Waals surface area contributed by atoms with Crippen LogP contribution >= 0.6 is 22.9 Å². The molecule has 0 aliphatic heterocycles. The van der Waals surface area contributed by atoms with Crippen molar-refractivity contribution in [2.24, 2.45) is 0 Å². The summed E-state index contributed by atoms with van der Waals surface area (Å²) in [7, 11) is 0. The number of anilines is 2. The van der Waals surface area contributed by atoms with Gasteiger partial charge in [-0.3, -0.25) is 0 Å². The van der Waals surface area contributed by atoms with E-state index in [1.165, 1.54) is 29.7 Å². The second-order valence-corrected chi connectivity index (χ2v) is 5.15. The van der Waals surface area contributed by atoms with Crippen molar-refractivity contribution in [3.8, 4) is 0 Å². The molecule has 1 aromatic carbocycles. The third-order valence-electron chi connectivity index (χ3n) is 2.50. The highest BCUT2D eigenvalue weighted by atomic mass is 35.5. The van der Waals surface area contributed by atoms with Gasteiger partial charge in [-0.1, -0.05) is 37.1 Å². The zero-order valence-corrected chi connectivity index (χ0v) is 11.3. The minimum absolute atomic E-state index is 0.539. The standard InChI is InChI=1S/C13H15ClN2S/c1-2-3-4-10-5-7-11(8-6-10)15-13-16-12(14)9-17-13/h5-9H,2-4H2,1H3,(H,15,16). The number of hydrogen-bond acceptors (Lipinski definition) is 3. The molecule has 0 saturated heterocycles. The zero-order chi connectivity index (χ0) is 12.1. The highest BCUT2D eigenvalue weighted by Gasteiger charge is 2.00. The first kappa shape index (κ1) is 12.4. The number of rotatable bonds is 5. The number of thiazole rings is 1. The van der Waals surface area contributed by atoms with Crippen LogP contribution in [0.2, 0.25) is 5.15 Å². The van der Waals surface area contributed by atoms with Gasteiger partial charge in [-0.05, 0) is 30.5 Å². The van der Waals surface area contributed by atoms with Gasteiger partial charge in [0.15, 0.2) is 5.13 Å². The van der Waals surface area contributed by atoms with Crippen molar-refractivity contribution in [1.82, 2.24) is 4.98 Å². The third kappa shape index (κ3) is 3.72. The Morgan fingerprint density at radius 3 is 2.65 bits per heavy atom. The quantitative estimate of drug-likeness (QED) is 0.834. The Hall–Kier alpha value is -1.06. The Kier molecular flexibility index (Phi) is 4.40. The molecule has 0 aliphatic carbocycles. The molecule has 0 bridgehead atoms. The molecule has 0 amide bonds. The fraction of sp³-hybridized carbons (Fsp3) is 0.308. The summed E-state index contributed by atoms with van der Waals surface area (Å²) in [6.07, 6.45) is 3.63. The summed E-state index contributed by atoms with van der Waals surface area (Å²) in [4.78, 5) is 4.15. The van der Waals surface area contributed by atoms with E-state index >= 15 is 0 Å². The molecule has 0 radical (unpaired) electrons. The average Bonchev–Trinajstić information content (AvgIpc) is 2.74. The molecule has 2 nitrogen and oxygen atoms in total. The monoisotopic (exact) mass is 266 g/mol. The van der Waals surface area contributed by atoms with Crippen LogP contribution in [0.15, 0.2) is 29.6 Å². The number of aryl methyl sites for hydroxylation is 1. The molecule has 17 heavy (non-hydrogen) atoms. The Labute approximate surface area is 111 Å². The smallest absolute Gasteiger partial charge is 0.188 e. The van der Waals surface area contributed by atoms with Crippen LogP contribution in [0.4, 0.5) is 10.8 Å². The summed E-state index contributed by atoms with van der Waals surface area (Å²) < 4.78 is 0. The van der Waals surface area contributed by atoms with Gasteiger partial charge in [0.1, 0.15) is 5.15 Å². The van der Waals surface area contributed by atoms with Gasteiger partial charge in [0.05, 0.1) is 0 Å². The van der Waals surface area contributed by atoms with E-state index in [9.17, 15) is 0 Å². The van der Waals surface area contributed by atoms with Crippen molar-refractivity contribution >= 4 is 33.8 Å². The molecule has 2 aromatic rings. The molecule has 90 valence electrons. The predicted molar refractivity (Wildman–Crippen MR) is 75.5 cm³/mol. The van der Waals surface area contributed by atoms with Gasteiger partial charge < -0.3 is 5.32 Å². The second-order valence-electron chi connectivity index (χ2n) is 3.90. The van der Waals surface area contributed by atoms with Gasteiger partial charge in [-0.2, -0.15) is 0 Å². The van der Waals surface area contributed by atoms with Crippen molar-refractivity contribution in [3.63, 3.8) is 0 Å². The summed E-state index contributed by atoms with van der Waals surface area (Å²) in [5.74, 6) is 0. The van der Waals surface area contributed by atoms with E-state index in [0.717, 1.165) is 17.2 Å². The SMILES string of the molecule is CCCCc1ccc(Nc2nc(Cl)cs2)cc1. The maximum atomic E-state index is 5.77. The lowest BCUT2D eigenvalue weighted by Gasteiger charge is -2.04. The van der Waals surface area contributed by atoms with Crippen LogP contribution in [-0.2, 0) is 6.42 Å². The summed E-state index contributed by atoms with van der Waals surface area (Å²) in [6.45, 7) is 2.21. The molecule has 0 saturated carbocycles. The normalized spacial score (nSPS) is 10.5. The number of halogens is 1. The zero-order valence-electron chi connectivity index (χ0n) is 9.74. The number of benzene rings is 1. The minimum Gasteiger partial charge on any atom is -0.332 e. The maximum absolute atomic E-state index is 5.77. The lowest BCUT2D eigenvalue weighted by Crippen LogP contribution is -1.90. The lowest BCUT2D eigenvalue weighted by molar-refractivity contribution is 0.795. The van der Waals surface area contributed by atoms with Crippen molar-refractivity contribution in [2.45, 2.75) is 26.2 Å². The van der Waals surface area contributed by atoms with Crippen molar-refractivity contribution in [3.05, 3.63) is 40.4 Å². The van der Waals surface area contributed by atoms with E-state index in [4.69, 9.17) is 11.6 Å². The largest absolute Gasteiger partial charge is 0.332 e. The number of hydrogen-bond donors (Lipinski definition) is 1.